The van der Waals surface area contributed by atoms with Gasteiger partial charge in [0.25, 0.3) is 5.91 Å². The van der Waals surface area contributed by atoms with Crippen LogP contribution >= 0.6 is 0 Å². The van der Waals surface area contributed by atoms with Gasteiger partial charge in [0.2, 0.25) is 0 Å². The second kappa shape index (κ2) is 10.9. The average Bonchev–Trinajstić information content (AvgIpc) is 2.58. The number of nitrogens with zero attached hydrogens (tertiary/aromatic N) is 1. The van der Waals surface area contributed by atoms with E-state index >= 15 is 0 Å². The number of benzene rings is 1. The third-order valence-corrected chi connectivity index (χ3v) is 3.47. The van der Waals surface area contributed by atoms with Crippen LogP contribution in [-0.4, -0.2) is 24.0 Å². The normalized spacial score (nSPS) is 11.8. The van der Waals surface area contributed by atoms with Crippen molar-refractivity contribution in [2.24, 2.45) is 0 Å². The lowest BCUT2D eigenvalue weighted by Crippen LogP contribution is -2.43. The summed E-state index contributed by atoms with van der Waals surface area (Å²) in [6.45, 7) is 8.94. The van der Waals surface area contributed by atoms with Crippen LogP contribution in [0.25, 0.3) is 6.08 Å². The van der Waals surface area contributed by atoms with Gasteiger partial charge in [-0.15, -0.1) is 0 Å². The van der Waals surface area contributed by atoms with Crippen molar-refractivity contribution >= 4 is 18.0 Å². The molecule has 1 aromatic rings. The maximum absolute atomic E-state index is 12.5. The molecule has 26 heavy (non-hydrogen) atoms. The third-order valence-electron chi connectivity index (χ3n) is 3.47. The summed E-state index contributed by atoms with van der Waals surface area (Å²) < 4.78 is 5.17. The Balaban J connectivity index is 2.79. The van der Waals surface area contributed by atoms with Crippen molar-refractivity contribution in [3.05, 3.63) is 53.6 Å². The Morgan fingerprint density at radius 1 is 1.38 bits per heavy atom. The first-order valence-electron chi connectivity index (χ1n) is 8.65. The molecule has 0 bridgehead atoms. The van der Waals surface area contributed by atoms with Gasteiger partial charge in [-0.05, 0) is 56.9 Å². The zero-order chi connectivity index (χ0) is 19.5. The molecule has 0 radical (unpaired) electrons. The Labute approximate surface area is 155 Å². The molecule has 0 aliphatic heterocycles. The molecular formula is C21H26N2O3. The monoisotopic (exact) mass is 354 g/mol. The van der Waals surface area contributed by atoms with Gasteiger partial charge in [-0.2, -0.15) is 5.26 Å². The number of esters is 1. The molecule has 0 aliphatic carbocycles. The molecule has 138 valence electrons. The van der Waals surface area contributed by atoms with E-state index < -0.39 is 12.0 Å². The van der Waals surface area contributed by atoms with Crippen LogP contribution < -0.4 is 5.32 Å². The molecule has 0 fully saturated rings. The molecule has 5 heteroatoms. The molecule has 1 amide bonds. The summed E-state index contributed by atoms with van der Waals surface area (Å²) in [5.74, 6) is -0.882. The zero-order valence-corrected chi connectivity index (χ0v) is 15.6. The fourth-order valence-corrected chi connectivity index (χ4v) is 2.20. The third kappa shape index (κ3) is 7.35. The van der Waals surface area contributed by atoms with Crippen LogP contribution in [0.3, 0.4) is 0 Å². The predicted molar refractivity (Wildman–Crippen MR) is 102 cm³/mol. The lowest BCUT2D eigenvalue weighted by Gasteiger charge is -2.19. The molecule has 1 unspecified atom stereocenters. The van der Waals surface area contributed by atoms with Crippen molar-refractivity contribution in [1.29, 1.82) is 5.26 Å². The summed E-state index contributed by atoms with van der Waals surface area (Å²) in [4.78, 5) is 24.6. The topological polar surface area (TPSA) is 79.2 Å². The summed E-state index contributed by atoms with van der Waals surface area (Å²) in [6.07, 6.45) is 5.77. The smallest absolute Gasteiger partial charge is 0.333 e. The number of allylic oxidation sites excluding steroid dienone is 1. The second-order valence-electron chi connectivity index (χ2n) is 6.32. The van der Waals surface area contributed by atoms with Crippen molar-refractivity contribution in [3.8, 4) is 6.07 Å². The van der Waals surface area contributed by atoms with E-state index in [1.54, 1.807) is 39.0 Å². The van der Waals surface area contributed by atoms with E-state index in [0.717, 1.165) is 18.4 Å². The number of carbonyl (C=O) groups excluding carboxylic acids is 2. The van der Waals surface area contributed by atoms with Gasteiger partial charge < -0.3 is 10.1 Å². The summed E-state index contributed by atoms with van der Waals surface area (Å²) in [6, 6.07) is 8.34. The molecule has 0 saturated carbocycles. The van der Waals surface area contributed by atoms with E-state index in [1.807, 2.05) is 18.2 Å². The van der Waals surface area contributed by atoms with Gasteiger partial charge >= 0.3 is 5.97 Å². The number of nitriles is 1. The van der Waals surface area contributed by atoms with E-state index in [-0.39, 0.29) is 12.0 Å². The van der Waals surface area contributed by atoms with Crippen molar-refractivity contribution < 1.29 is 14.3 Å². The number of rotatable bonds is 9. The van der Waals surface area contributed by atoms with Crippen molar-refractivity contribution in [2.75, 3.05) is 0 Å². The summed E-state index contributed by atoms with van der Waals surface area (Å²) in [5.41, 5.74) is 1.84. The van der Waals surface area contributed by atoms with Crippen LogP contribution in [0.2, 0.25) is 0 Å². The zero-order valence-electron chi connectivity index (χ0n) is 15.6. The van der Waals surface area contributed by atoms with Gasteiger partial charge in [0.15, 0.2) is 0 Å². The summed E-state index contributed by atoms with van der Waals surface area (Å²) in [7, 11) is 0. The largest absolute Gasteiger partial charge is 0.461 e. The highest BCUT2D eigenvalue weighted by Crippen LogP contribution is 2.11. The number of carbonyl (C=O) groups is 2. The average molecular weight is 354 g/mol. The fourth-order valence-electron chi connectivity index (χ4n) is 2.20. The molecule has 0 aliphatic rings. The minimum atomic E-state index is -0.880. The van der Waals surface area contributed by atoms with Crippen LogP contribution in [0, 0.1) is 11.3 Å². The van der Waals surface area contributed by atoms with E-state index in [1.165, 1.54) is 0 Å². The number of unbranched alkanes of at least 4 members (excludes halogenated alkanes) is 2. The highest BCUT2D eigenvalue weighted by atomic mass is 16.5. The Hall–Kier alpha value is -2.87. The van der Waals surface area contributed by atoms with Crippen molar-refractivity contribution in [2.45, 2.75) is 52.2 Å². The Bertz CT molecular complexity index is 714. The van der Waals surface area contributed by atoms with Crippen molar-refractivity contribution in [1.82, 2.24) is 5.32 Å². The molecule has 0 saturated heterocycles. The predicted octanol–water partition coefficient (Wildman–Crippen LogP) is 4.02. The number of amides is 1. The molecule has 0 spiro atoms. The van der Waals surface area contributed by atoms with E-state index in [2.05, 4.69) is 18.0 Å². The second-order valence-corrected chi connectivity index (χ2v) is 6.32. The van der Waals surface area contributed by atoms with Gasteiger partial charge in [-0.25, -0.2) is 4.79 Å². The standard InChI is InChI=1S/C21H26N2O3/c1-15(2)19(21(25)26-16(3)4)23-20(24)18-12-9-11-17(14-18)10-7-5-6-8-13-22/h7,9-12,14,16,19H,1,5-6,8H2,2-4H3,(H,23,24). The first-order valence-corrected chi connectivity index (χ1v) is 8.65. The number of ether oxygens (including phenoxy) is 1. The molecule has 5 nitrogen and oxygen atoms in total. The van der Waals surface area contributed by atoms with Gasteiger partial charge in [0, 0.05) is 12.0 Å². The lowest BCUT2D eigenvalue weighted by atomic mass is 10.1. The molecule has 1 aromatic carbocycles. The number of nitrogens with one attached hydrogen (secondary N) is 1. The fraction of sp³-hybridized carbons (Fsp3) is 0.381. The highest BCUT2D eigenvalue weighted by Gasteiger charge is 2.24. The Morgan fingerprint density at radius 2 is 2.12 bits per heavy atom. The van der Waals surface area contributed by atoms with Crippen LogP contribution in [-0.2, 0) is 9.53 Å². The maximum atomic E-state index is 12.5. The first kappa shape index (κ1) is 21.2. The van der Waals surface area contributed by atoms with E-state index in [0.29, 0.717) is 17.6 Å². The molecular weight excluding hydrogens is 328 g/mol. The number of hydrogen-bond donors (Lipinski definition) is 1. The number of hydrogen-bond acceptors (Lipinski definition) is 4. The van der Waals surface area contributed by atoms with Gasteiger partial charge in [0.1, 0.15) is 6.04 Å². The quantitative estimate of drug-likeness (QED) is 0.413. The maximum Gasteiger partial charge on any atom is 0.333 e. The molecule has 1 N–H and O–H groups in total. The van der Waals surface area contributed by atoms with Crippen LogP contribution in [0.5, 0.6) is 0 Å². The Kier molecular flexibility index (Phi) is 8.86. The Morgan fingerprint density at radius 3 is 2.73 bits per heavy atom. The van der Waals surface area contributed by atoms with Crippen LogP contribution in [0.15, 0.2) is 42.5 Å². The lowest BCUT2D eigenvalue weighted by molar-refractivity contribution is -0.148. The molecule has 0 aromatic heterocycles. The SMILES string of the molecule is C=C(C)C(NC(=O)c1cccc(C=CCCCC#N)c1)C(=O)OC(C)C. The molecule has 1 atom stereocenters. The van der Waals surface area contributed by atoms with Gasteiger partial charge in [-0.3, -0.25) is 4.79 Å². The van der Waals surface area contributed by atoms with Crippen LogP contribution in [0.1, 0.15) is 56.0 Å². The molecule has 1 rings (SSSR count). The summed E-state index contributed by atoms with van der Waals surface area (Å²) in [5, 5.41) is 11.2. The summed E-state index contributed by atoms with van der Waals surface area (Å²) >= 11 is 0. The highest BCUT2D eigenvalue weighted by molar-refractivity contribution is 5.98. The van der Waals surface area contributed by atoms with Gasteiger partial charge in [-0.1, -0.05) is 30.9 Å². The first-order chi connectivity index (χ1) is 12.3. The van der Waals surface area contributed by atoms with Crippen LogP contribution in [0.4, 0.5) is 0 Å². The molecule has 0 heterocycles. The van der Waals surface area contributed by atoms with Crippen molar-refractivity contribution in [3.63, 3.8) is 0 Å². The van der Waals surface area contributed by atoms with E-state index in [9.17, 15) is 9.59 Å². The van der Waals surface area contributed by atoms with Gasteiger partial charge in [0.05, 0.1) is 12.2 Å². The minimum absolute atomic E-state index is 0.268. The minimum Gasteiger partial charge on any atom is -0.461 e. The van der Waals surface area contributed by atoms with E-state index in [4.69, 9.17) is 10.00 Å².